The zero-order chi connectivity index (χ0) is 12.7. The van der Waals surface area contributed by atoms with Crippen molar-refractivity contribution in [1.29, 1.82) is 0 Å². The summed E-state index contributed by atoms with van der Waals surface area (Å²) >= 11 is 0. The van der Waals surface area contributed by atoms with E-state index in [2.05, 4.69) is 12.2 Å². The molecule has 1 fully saturated rings. The van der Waals surface area contributed by atoms with E-state index in [1.807, 2.05) is 11.8 Å². The molecule has 1 aliphatic rings. The predicted molar refractivity (Wildman–Crippen MR) is 68.8 cm³/mol. The van der Waals surface area contributed by atoms with E-state index in [1.54, 1.807) is 0 Å². The van der Waals surface area contributed by atoms with Gasteiger partial charge in [-0.3, -0.25) is 4.79 Å². The van der Waals surface area contributed by atoms with Crippen molar-refractivity contribution in [3.8, 4) is 0 Å². The molecular weight excluding hydrogens is 216 g/mol. The van der Waals surface area contributed by atoms with Crippen molar-refractivity contribution in [2.24, 2.45) is 5.92 Å². The number of likely N-dealkylation sites (tertiary alicyclic amines) is 1. The van der Waals surface area contributed by atoms with E-state index in [1.165, 1.54) is 0 Å². The standard InChI is InChI=1S/C13H26N2O2/c1-3-5-13(17)15-9-11(4-2)8-12(10-15)14-6-7-16/h11-12,14,16H,3-10H2,1-2H3. The minimum atomic E-state index is 0.163. The fourth-order valence-electron chi connectivity index (χ4n) is 2.49. The van der Waals surface area contributed by atoms with Crippen molar-refractivity contribution in [2.75, 3.05) is 26.2 Å². The summed E-state index contributed by atoms with van der Waals surface area (Å²) < 4.78 is 0. The third-order valence-corrected chi connectivity index (χ3v) is 3.48. The van der Waals surface area contributed by atoms with Gasteiger partial charge in [0.05, 0.1) is 6.61 Å². The lowest BCUT2D eigenvalue weighted by Gasteiger charge is -2.38. The first-order valence-corrected chi connectivity index (χ1v) is 6.83. The molecule has 1 aliphatic heterocycles. The van der Waals surface area contributed by atoms with Gasteiger partial charge < -0.3 is 15.3 Å². The molecule has 0 radical (unpaired) electrons. The van der Waals surface area contributed by atoms with Crippen molar-refractivity contribution < 1.29 is 9.90 Å². The molecule has 4 heteroatoms. The van der Waals surface area contributed by atoms with E-state index in [0.29, 0.717) is 24.9 Å². The van der Waals surface area contributed by atoms with Crippen LogP contribution in [0.2, 0.25) is 0 Å². The number of carbonyl (C=O) groups is 1. The molecule has 2 unspecified atom stereocenters. The van der Waals surface area contributed by atoms with Crippen LogP contribution in [0.4, 0.5) is 0 Å². The van der Waals surface area contributed by atoms with Gasteiger partial charge in [-0.05, 0) is 18.8 Å². The number of hydrogen-bond donors (Lipinski definition) is 2. The molecule has 2 N–H and O–H groups in total. The molecule has 1 saturated heterocycles. The number of piperidine rings is 1. The van der Waals surface area contributed by atoms with Crippen molar-refractivity contribution in [3.05, 3.63) is 0 Å². The van der Waals surface area contributed by atoms with Crippen LogP contribution in [-0.4, -0.2) is 48.2 Å². The topological polar surface area (TPSA) is 52.6 Å². The van der Waals surface area contributed by atoms with E-state index in [9.17, 15) is 4.79 Å². The molecule has 17 heavy (non-hydrogen) atoms. The van der Waals surface area contributed by atoms with E-state index < -0.39 is 0 Å². The van der Waals surface area contributed by atoms with Gasteiger partial charge in [0.25, 0.3) is 0 Å². The van der Waals surface area contributed by atoms with Crippen LogP contribution in [0, 0.1) is 5.92 Å². The number of aliphatic hydroxyl groups is 1. The first-order valence-electron chi connectivity index (χ1n) is 6.83. The Balaban J connectivity index is 2.50. The summed E-state index contributed by atoms with van der Waals surface area (Å²) in [7, 11) is 0. The summed E-state index contributed by atoms with van der Waals surface area (Å²) in [6.07, 6.45) is 3.81. The molecule has 0 spiro atoms. The molecule has 0 aromatic rings. The fraction of sp³-hybridized carbons (Fsp3) is 0.923. The van der Waals surface area contributed by atoms with Gasteiger partial charge in [-0.2, -0.15) is 0 Å². The van der Waals surface area contributed by atoms with E-state index in [4.69, 9.17) is 5.11 Å². The van der Waals surface area contributed by atoms with Gasteiger partial charge in [0.1, 0.15) is 0 Å². The van der Waals surface area contributed by atoms with Crippen LogP contribution in [0.3, 0.4) is 0 Å². The van der Waals surface area contributed by atoms with Crippen LogP contribution >= 0.6 is 0 Å². The maximum absolute atomic E-state index is 11.9. The molecule has 1 rings (SSSR count). The van der Waals surface area contributed by atoms with Crippen LogP contribution in [0.1, 0.15) is 39.5 Å². The Hall–Kier alpha value is -0.610. The van der Waals surface area contributed by atoms with Gasteiger partial charge in [-0.1, -0.05) is 20.3 Å². The summed E-state index contributed by atoms with van der Waals surface area (Å²) in [5.41, 5.74) is 0. The highest BCUT2D eigenvalue weighted by Crippen LogP contribution is 2.20. The molecule has 2 atom stereocenters. The highest BCUT2D eigenvalue weighted by atomic mass is 16.3. The molecule has 0 saturated carbocycles. The van der Waals surface area contributed by atoms with Crippen LogP contribution < -0.4 is 5.32 Å². The van der Waals surface area contributed by atoms with Crippen LogP contribution in [0.15, 0.2) is 0 Å². The van der Waals surface area contributed by atoms with Crippen molar-refractivity contribution in [1.82, 2.24) is 10.2 Å². The molecule has 0 aromatic carbocycles. The lowest BCUT2D eigenvalue weighted by molar-refractivity contribution is -0.133. The minimum Gasteiger partial charge on any atom is -0.395 e. The van der Waals surface area contributed by atoms with Crippen LogP contribution in [0.25, 0.3) is 0 Å². The number of nitrogens with zero attached hydrogens (tertiary/aromatic N) is 1. The first kappa shape index (κ1) is 14.5. The minimum absolute atomic E-state index is 0.163. The van der Waals surface area contributed by atoms with Crippen molar-refractivity contribution in [2.45, 2.75) is 45.6 Å². The second-order valence-corrected chi connectivity index (χ2v) is 4.93. The van der Waals surface area contributed by atoms with E-state index >= 15 is 0 Å². The van der Waals surface area contributed by atoms with E-state index in [-0.39, 0.29) is 12.5 Å². The lowest BCUT2D eigenvalue weighted by Crippen LogP contribution is -2.51. The van der Waals surface area contributed by atoms with Crippen molar-refractivity contribution in [3.63, 3.8) is 0 Å². The Bertz CT molecular complexity index is 233. The Kier molecular flexibility index (Phi) is 6.52. The second-order valence-electron chi connectivity index (χ2n) is 4.93. The summed E-state index contributed by atoms with van der Waals surface area (Å²) in [5.74, 6) is 0.877. The quantitative estimate of drug-likeness (QED) is 0.730. The van der Waals surface area contributed by atoms with Gasteiger partial charge >= 0.3 is 0 Å². The zero-order valence-corrected chi connectivity index (χ0v) is 11.1. The Labute approximate surface area is 104 Å². The van der Waals surface area contributed by atoms with Gasteiger partial charge in [0, 0.05) is 32.1 Å². The summed E-state index contributed by atoms with van der Waals surface area (Å²) in [6, 6.07) is 0.349. The number of hydrogen-bond acceptors (Lipinski definition) is 3. The maximum atomic E-state index is 11.9. The number of nitrogens with one attached hydrogen (secondary N) is 1. The molecule has 0 bridgehead atoms. The lowest BCUT2D eigenvalue weighted by atomic mass is 9.92. The normalized spacial score (nSPS) is 25.0. The highest BCUT2D eigenvalue weighted by molar-refractivity contribution is 5.76. The summed E-state index contributed by atoms with van der Waals surface area (Å²) in [5, 5.41) is 12.2. The number of aliphatic hydroxyl groups excluding tert-OH is 1. The van der Waals surface area contributed by atoms with Gasteiger partial charge in [0.2, 0.25) is 5.91 Å². The number of amides is 1. The number of carbonyl (C=O) groups excluding carboxylic acids is 1. The first-order chi connectivity index (χ1) is 8.21. The SMILES string of the molecule is CCCC(=O)N1CC(CC)CC(NCCO)C1. The van der Waals surface area contributed by atoms with Gasteiger partial charge in [-0.15, -0.1) is 0 Å². The zero-order valence-electron chi connectivity index (χ0n) is 11.1. The molecule has 100 valence electrons. The fourth-order valence-corrected chi connectivity index (χ4v) is 2.49. The maximum Gasteiger partial charge on any atom is 0.222 e. The second kappa shape index (κ2) is 7.67. The Morgan fingerprint density at radius 1 is 1.41 bits per heavy atom. The predicted octanol–water partition coefficient (Wildman–Crippen LogP) is 0.995. The summed E-state index contributed by atoms with van der Waals surface area (Å²) in [6.45, 7) is 6.72. The van der Waals surface area contributed by atoms with Gasteiger partial charge in [0.15, 0.2) is 0 Å². The molecule has 0 aliphatic carbocycles. The Morgan fingerprint density at radius 3 is 2.76 bits per heavy atom. The summed E-state index contributed by atoms with van der Waals surface area (Å²) in [4.78, 5) is 13.9. The van der Waals surface area contributed by atoms with Crippen LogP contribution in [-0.2, 0) is 4.79 Å². The highest BCUT2D eigenvalue weighted by Gasteiger charge is 2.28. The molecule has 1 amide bonds. The van der Waals surface area contributed by atoms with Crippen molar-refractivity contribution >= 4 is 5.91 Å². The monoisotopic (exact) mass is 242 g/mol. The molecular formula is C13H26N2O2. The smallest absolute Gasteiger partial charge is 0.222 e. The van der Waals surface area contributed by atoms with Crippen LogP contribution in [0.5, 0.6) is 0 Å². The molecule has 4 nitrogen and oxygen atoms in total. The molecule has 1 heterocycles. The third-order valence-electron chi connectivity index (χ3n) is 3.48. The van der Waals surface area contributed by atoms with E-state index in [0.717, 1.165) is 32.4 Å². The average molecular weight is 242 g/mol. The average Bonchev–Trinajstić information content (AvgIpc) is 2.36. The Morgan fingerprint density at radius 2 is 2.18 bits per heavy atom. The number of rotatable bonds is 6. The third kappa shape index (κ3) is 4.64. The molecule has 0 aromatic heterocycles. The van der Waals surface area contributed by atoms with Gasteiger partial charge in [-0.25, -0.2) is 0 Å². The largest absolute Gasteiger partial charge is 0.395 e.